The molecule has 3 heterocycles. The molecule has 0 spiro atoms. The van der Waals surface area contributed by atoms with Gasteiger partial charge in [-0.05, 0) is 88.9 Å². The van der Waals surface area contributed by atoms with E-state index in [-0.39, 0.29) is 23.3 Å². The Balaban J connectivity index is 1.23. The molecule has 0 unspecified atom stereocenters. The molecule has 3 aromatic rings. The molecule has 2 saturated heterocycles. The third-order valence-corrected chi connectivity index (χ3v) is 11.9. The number of carbonyl (C=O) groups is 2. The number of aliphatic carboxylic acids is 2. The number of para-hydroxylation sites is 2. The molecular weight excluding hydrogens is 697 g/mol. The van der Waals surface area contributed by atoms with Crippen LogP contribution in [0.1, 0.15) is 49.8 Å². The summed E-state index contributed by atoms with van der Waals surface area (Å²) in [5.41, 5.74) is 4.32. The van der Waals surface area contributed by atoms with Gasteiger partial charge in [0.1, 0.15) is 0 Å². The van der Waals surface area contributed by atoms with Crippen molar-refractivity contribution in [2.45, 2.75) is 52.4 Å². The first-order valence-corrected chi connectivity index (χ1v) is 19.4. The Hall–Kier alpha value is -5.20. The quantitative estimate of drug-likeness (QED) is 0.142. The first-order valence-electron chi connectivity index (χ1n) is 19.4. The van der Waals surface area contributed by atoms with E-state index in [4.69, 9.17) is 0 Å². The highest BCUT2D eigenvalue weighted by Gasteiger charge is 2.52. The van der Waals surface area contributed by atoms with Gasteiger partial charge in [-0.25, -0.2) is 9.59 Å². The van der Waals surface area contributed by atoms with Crippen molar-refractivity contribution in [3.63, 3.8) is 0 Å². The zero-order chi connectivity index (χ0) is 39.3. The molecular formula is C43H54N6O6. The number of carboxylic acids is 2. The molecule has 2 fully saturated rings. The number of hydrogen-bond acceptors (Lipinski definition) is 9. The lowest BCUT2D eigenvalue weighted by atomic mass is 9.63. The van der Waals surface area contributed by atoms with Crippen LogP contribution in [0, 0.1) is 24.0 Å². The summed E-state index contributed by atoms with van der Waals surface area (Å²) < 4.78 is 0. The van der Waals surface area contributed by atoms with Gasteiger partial charge < -0.3 is 24.9 Å². The van der Waals surface area contributed by atoms with E-state index in [0.717, 1.165) is 58.9 Å². The maximum absolute atomic E-state index is 13.5. The Labute approximate surface area is 324 Å². The molecule has 55 heavy (non-hydrogen) atoms. The molecule has 0 amide bonds. The molecule has 0 aliphatic carbocycles. The normalized spacial score (nSPS) is 18.2. The average molecular weight is 751 g/mol. The van der Waals surface area contributed by atoms with Crippen LogP contribution in [0.25, 0.3) is 0 Å². The van der Waals surface area contributed by atoms with E-state index in [0.29, 0.717) is 42.9 Å². The monoisotopic (exact) mass is 750 g/mol. The highest BCUT2D eigenvalue weighted by atomic mass is 16.6. The first-order chi connectivity index (χ1) is 26.4. The fourth-order valence-corrected chi connectivity index (χ4v) is 9.12. The fourth-order valence-electron chi connectivity index (χ4n) is 9.12. The number of hydrogen-bond donors (Lipinski definition) is 2. The molecule has 292 valence electrons. The van der Waals surface area contributed by atoms with Gasteiger partial charge in [-0.15, -0.1) is 0 Å². The summed E-state index contributed by atoms with van der Waals surface area (Å²) in [6.45, 7) is 16.5. The van der Waals surface area contributed by atoms with Crippen molar-refractivity contribution < 1.29 is 24.7 Å². The highest BCUT2D eigenvalue weighted by Crippen LogP contribution is 2.51. The van der Waals surface area contributed by atoms with Gasteiger partial charge in [0.2, 0.25) is 0 Å². The van der Waals surface area contributed by atoms with Crippen molar-refractivity contribution in [3.8, 4) is 0 Å². The topological polar surface area (TPSA) is 134 Å². The number of carboxylic acid groups (broad SMARTS) is 2. The van der Waals surface area contributed by atoms with E-state index >= 15 is 0 Å². The molecule has 6 rings (SSSR count). The van der Waals surface area contributed by atoms with E-state index < -0.39 is 22.3 Å². The van der Waals surface area contributed by atoms with Crippen molar-refractivity contribution in [1.82, 2.24) is 14.7 Å². The summed E-state index contributed by atoms with van der Waals surface area (Å²) in [4.78, 5) is 49.8. The average Bonchev–Trinajstić information content (AvgIpc) is 3.17. The largest absolute Gasteiger partial charge is 0.478 e. The molecule has 3 aliphatic rings. The minimum Gasteiger partial charge on any atom is -0.478 e. The predicted octanol–water partition coefficient (Wildman–Crippen LogP) is 6.30. The third kappa shape index (κ3) is 8.25. The summed E-state index contributed by atoms with van der Waals surface area (Å²) in [5.74, 6) is -2.45. The van der Waals surface area contributed by atoms with Gasteiger partial charge in [0, 0.05) is 93.8 Å². The number of rotatable bonds is 14. The summed E-state index contributed by atoms with van der Waals surface area (Å²) in [6, 6.07) is 22.6. The SMILES string of the molecule is CC1=C(C(=O)O)C(CCCN2CCN(c3ccccc3C)CC2)(c2cccc([N+](=O)[O-])c2)C(C(=O)O)=C(C)N1CCCN1CCN(c2ccccc2C)CC1. The summed E-state index contributed by atoms with van der Waals surface area (Å²) in [6.07, 6.45) is 1.37. The van der Waals surface area contributed by atoms with Crippen molar-refractivity contribution in [1.29, 1.82) is 0 Å². The Kier molecular flexibility index (Phi) is 12.3. The Morgan fingerprint density at radius 2 is 1.13 bits per heavy atom. The zero-order valence-corrected chi connectivity index (χ0v) is 32.5. The van der Waals surface area contributed by atoms with Crippen molar-refractivity contribution >= 4 is 29.0 Å². The molecule has 12 heteroatoms. The number of anilines is 2. The minimum absolute atomic E-state index is 0.0350. The van der Waals surface area contributed by atoms with Gasteiger partial charge in [-0.2, -0.15) is 0 Å². The summed E-state index contributed by atoms with van der Waals surface area (Å²) in [7, 11) is 0. The number of piperazine rings is 2. The van der Waals surface area contributed by atoms with Crippen LogP contribution in [-0.4, -0.2) is 114 Å². The summed E-state index contributed by atoms with van der Waals surface area (Å²) in [5, 5.41) is 34.0. The minimum atomic E-state index is -1.61. The van der Waals surface area contributed by atoms with E-state index in [9.17, 15) is 29.9 Å². The molecule has 3 aromatic carbocycles. The van der Waals surface area contributed by atoms with Crippen molar-refractivity contribution in [2.75, 3.05) is 81.8 Å². The number of aryl methyl sites for hydroxylation is 2. The number of nitro groups is 1. The molecule has 3 aliphatic heterocycles. The van der Waals surface area contributed by atoms with Gasteiger partial charge in [-0.1, -0.05) is 48.5 Å². The van der Waals surface area contributed by atoms with E-state index in [1.807, 2.05) is 17.0 Å². The van der Waals surface area contributed by atoms with Crippen LogP contribution < -0.4 is 9.80 Å². The molecule has 0 aromatic heterocycles. The Bertz CT molecular complexity index is 1920. The third-order valence-electron chi connectivity index (χ3n) is 11.9. The number of benzene rings is 3. The standard InChI is InChI=1S/C43H54N6O6/c1-31-12-5-7-16-37(31)46-26-22-44(23-27-46)19-10-18-43(35-14-9-15-36(30-35)49(54)55)39(41(50)51)33(3)48(34(4)40(43)42(52)53)21-11-20-45-24-28-47(29-25-45)38-17-8-6-13-32(38)2/h5-9,12-17,30H,10-11,18-29H2,1-4H3,(H,50,51)(H,52,53). The van der Waals surface area contributed by atoms with Crippen LogP contribution in [0.4, 0.5) is 17.1 Å². The number of allylic oxidation sites excluding steroid dienone is 2. The van der Waals surface area contributed by atoms with Crippen molar-refractivity contribution in [2.24, 2.45) is 0 Å². The van der Waals surface area contributed by atoms with Gasteiger partial charge >= 0.3 is 11.9 Å². The molecule has 12 nitrogen and oxygen atoms in total. The zero-order valence-electron chi connectivity index (χ0n) is 32.5. The highest BCUT2D eigenvalue weighted by molar-refractivity contribution is 6.00. The van der Waals surface area contributed by atoms with Gasteiger partial charge in [0.25, 0.3) is 5.69 Å². The second kappa shape index (κ2) is 17.1. The second-order valence-electron chi connectivity index (χ2n) is 15.1. The number of nitrogens with zero attached hydrogens (tertiary/aromatic N) is 6. The maximum atomic E-state index is 13.5. The second-order valence-corrected chi connectivity index (χ2v) is 15.1. The van der Waals surface area contributed by atoms with Crippen LogP contribution in [0.5, 0.6) is 0 Å². The fraction of sp³-hybridized carbons (Fsp3) is 0.442. The predicted molar refractivity (Wildman–Crippen MR) is 216 cm³/mol. The van der Waals surface area contributed by atoms with E-state index in [1.165, 1.54) is 40.7 Å². The Morgan fingerprint density at radius 3 is 1.58 bits per heavy atom. The molecule has 0 saturated carbocycles. The van der Waals surface area contributed by atoms with Gasteiger partial charge in [0.15, 0.2) is 0 Å². The van der Waals surface area contributed by atoms with E-state index in [2.05, 4.69) is 69.8 Å². The van der Waals surface area contributed by atoms with Crippen LogP contribution in [0.3, 0.4) is 0 Å². The lowest BCUT2D eigenvalue weighted by molar-refractivity contribution is -0.385. The first kappa shape index (κ1) is 39.5. The van der Waals surface area contributed by atoms with Gasteiger partial charge in [0.05, 0.1) is 21.5 Å². The maximum Gasteiger partial charge on any atom is 0.334 e. The van der Waals surface area contributed by atoms with Gasteiger partial charge in [-0.3, -0.25) is 19.9 Å². The molecule has 0 atom stereocenters. The summed E-state index contributed by atoms with van der Waals surface area (Å²) >= 11 is 0. The molecule has 0 bridgehead atoms. The van der Waals surface area contributed by atoms with Crippen LogP contribution in [0.2, 0.25) is 0 Å². The molecule has 0 radical (unpaired) electrons. The number of nitro benzene ring substituents is 1. The van der Waals surface area contributed by atoms with Crippen LogP contribution >= 0.6 is 0 Å². The molecule has 2 N–H and O–H groups in total. The number of non-ortho nitro benzene ring substituents is 1. The van der Waals surface area contributed by atoms with E-state index in [1.54, 1.807) is 19.9 Å². The smallest absolute Gasteiger partial charge is 0.334 e. The van der Waals surface area contributed by atoms with Crippen LogP contribution in [-0.2, 0) is 15.0 Å². The van der Waals surface area contributed by atoms with Crippen molar-refractivity contribution in [3.05, 3.63) is 122 Å². The lowest BCUT2D eigenvalue weighted by Gasteiger charge is -2.45. The van der Waals surface area contributed by atoms with Crippen LogP contribution in [0.15, 0.2) is 95.3 Å². The lowest BCUT2D eigenvalue weighted by Crippen LogP contribution is -2.49. The Morgan fingerprint density at radius 1 is 0.655 bits per heavy atom.